The molecule has 8 aromatic carbocycles. The topological polar surface area (TPSA) is 0 Å². The first-order chi connectivity index (χ1) is 22.8. The van der Waals surface area contributed by atoms with Gasteiger partial charge in [0.1, 0.15) is 0 Å². The van der Waals surface area contributed by atoms with Gasteiger partial charge in [-0.3, -0.25) is 0 Å². The van der Waals surface area contributed by atoms with E-state index in [1.807, 2.05) is 11.8 Å². The van der Waals surface area contributed by atoms with Gasteiger partial charge in [-0.2, -0.15) is 0 Å². The lowest BCUT2D eigenvalue weighted by Crippen LogP contribution is -2.29. The zero-order valence-electron chi connectivity index (χ0n) is 25.1. The first-order valence-electron chi connectivity index (χ1n) is 15.9. The molecule has 0 bridgehead atoms. The van der Waals surface area contributed by atoms with Crippen molar-refractivity contribution in [3.05, 3.63) is 192 Å². The van der Waals surface area contributed by atoms with E-state index in [-0.39, 0.29) is 0 Å². The number of hydrogen-bond acceptors (Lipinski definition) is 1. The summed E-state index contributed by atoms with van der Waals surface area (Å²) in [5.41, 5.74) is 12.6. The summed E-state index contributed by atoms with van der Waals surface area (Å²) < 4.78 is 0. The summed E-state index contributed by atoms with van der Waals surface area (Å²) in [5, 5.41) is 5.18. The highest BCUT2D eigenvalue weighted by atomic mass is 32.2. The van der Waals surface area contributed by atoms with Crippen LogP contribution in [0.3, 0.4) is 0 Å². The van der Waals surface area contributed by atoms with Crippen LogP contribution in [0.1, 0.15) is 22.3 Å². The minimum Gasteiger partial charge on any atom is -0.0888 e. The Morgan fingerprint density at radius 1 is 0.348 bits per heavy atom. The third-order valence-electron chi connectivity index (χ3n) is 10.1. The molecule has 0 N–H and O–H groups in total. The van der Waals surface area contributed by atoms with Crippen molar-refractivity contribution in [2.45, 2.75) is 15.2 Å². The number of rotatable bonds is 3. The van der Waals surface area contributed by atoms with E-state index in [0.29, 0.717) is 0 Å². The molecule has 8 aromatic rings. The molecule has 1 heteroatoms. The van der Waals surface area contributed by atoms with Gasteiger partial charge in [0, 0.05) is 15.2 Å². The van der Waals surface area contributed by atoms with Crippen LogP contribution in [-0.2, 0) is 5.41 Å². The molecule has 0 spiro atoms. The van der Waals surface area contributed by atoms with E-state index in [1.165, 1.54) is 87.0 Å². The third-order valence-corrected chi connectivity index (χ3v) is 11.2. The number of hydrogen-bond donors (Lipinski definition) is 0. The maximum Gasteiger partial charge on any atom is 0.0719 e. The predicted molar refractivity (Wildman–Crippen MR) is 194 cm³/mol. The van der Waals surface area contributed by atoms with E-state index < -0.39 is 5.41 Å². The first kappa shape index (κ1) is 25.9. The van der Waals surface area contributed by atoms with Crippen LogP contribution in [-0.4, -0.2) is 0 Å². The second kappa shape index (κ2) is 9.81. The fourth-order valence-corrected chi connectivity index (χ4v) is 9.36. The van der Waals surface area contributed by atoms with E-state index in [0.717, 1.165) is 0 Å². The van der Waals surface area contributed by atoms with Crippen LogP contribution >= 0.6 is 11.8 Å². The van der Waals surface area contributed by atoms with Crippen molar-refractivity contribution in [2.24, 2.45) is 0 Å². The van der Waals surface area contributed by atoms with Gasteiger partial charge in [-0.1, -0.05) is 145 Å². The monoisotopic (exact) mass is 600 g/mol. The molecule has 1 unspecified atom stereocenters. The second-order valence-corrected chi connectivity index (χ2v) is 13.5. The predicted octanol–water partition coefficient (Wildman–Crippen LogP) is 12.2. The molecule has 1 aliphatic carbocycles. The van der Waals surface area contributed by atoms with Crippen molar-refractivity contribution in [2.75, 3.05) is 0 Å². The second-order valence-electron chi connectivity index (χ2n) is 12.4. The summed E-state index contributed by atoms with van der Waals surface area (Å²) in [4.78, 5) is 2.65. The van der Waals surface area contributed by atoms with Crippen LogP contribution in [0.25, 0.3) is 54.9 Å². The molecule has 1 aliphatic heterocycles. The molecule has 0 saturated carbocycles. The molecule has 10 rings (SSSR count). The quantitative estimate of drug-likeness (QED) is 0.194. The largest absolute Gasteiger partial charge is 0.0888 e. The average Bonchev–Trinajstić information content (AvgIpc) is 3.41. The SMILES string of the molecule is c1ccc(C2(c3ccccc3-c3cc4c5c(cccc5c3)Sc3ccccc3-4)c3ccccc3-c3cc4ccccc4cc32)cc1. The van der Waals surface area contributed by atoms with E-state index in [9.17, 15) is 0 Å². The van der Waals surface area contributed by atoms with Gasteiger partial charge in [0.2, 0.25) is 0 Å². The van der Waals surface area contributed by atoms with E-state index >= 15 is 0 Å². The maximum atomic E-state index is 2.46. The molecule has 1 heterocycles. The van der Waals surface area contributed by atoms with Crippen molar-refractivity contribution in [1.29, 1.82) is 0 Å². The Bertz CT molecular complexity index is 2510. The normalized spacial score (nSPS) is 15.8. The Morgan fingerprint density at radius 2 is 0.957 bits per heavy atom. The molecule has 0 radical (unpaired) electrons. The van der Waals surface area contributed by atoms with Crippen molar-refractivity contribution >= 4 is 33.3 Å². The fraction of sp³-hybridized carbons (Fsp3) is 0.0222. The summed E-state index contributed by atoms with van der Waals surface area (Å²) in [5.74, 6) is 0. The van der Waals surface area contributed by atoms with Gasteiger partial charge in [-0.15, -0.1) is 0 Å². The summed E-state index contributed by atoms with van der Waals surface area (Å²) in [6.07, 6.45) is 0. The minimum absolute atomic E-state index is 0.490. The molecule has 2 aliphatic rings. The van der Waals surface area contributed by atoms with Crippen LogP contribution in [0.2, 0.25) is 0 Å². The Balaban J connectivity index is 1.33. The maximum absolute atomic E-state index is 2.46. The summed E-state index contributed by atoms with van der Waals surface area (Å²) >= 11 is 1.88. The highest BCUT2D eigenvalue weighted by Crippen LogP contribution is 2.59. The van der Waals surface area contributed by atoms with Gasteiger partial charge in [0.05, 0.1) is 5.41 Å². The first-order valence-corrected chi connectivity index (χ1v) is 16.7. The van der Waals surface area contributed by atoms with Crippen LogP contribution in [0, 0.1) is 0 Å². The zero-order chi connectivity index (χ0) is 30.2. The van der Waals surface area contributed by atoms with Crippen molar-refractivity contribution < 1.29 is 0 Å². The van der Waals surface area contributed by atoms with Crippen LogP contribution in [0.4, 0.5) is 0 Å². The van der Waals surface area contributed by atoms with Gasteiger partial charge in [-0.25, -0.2) is 0 Å². The molecule has 0 fully saturated rings. The molecule has 214 valence electrons. The highest BCUT2D eigenvalue weighted by Gasteiger charge is 2.47. The molecule has 0 aromatic heterocycles. The van der Waals surface area contributed by atoms with E-state index in [2.05, 4.69) is 170 Å². The molecule has 46 heavy (non-hydrogen) atoms. The van der Waals surface area contributed by atoms with Gasteiger partial charge >= 0.3 is 0 Å². The van der Waals surface area contributed by atoms with Gasteiger partial charge < -0.3 is 0 Å². The summed E-state index contributed by atoms with van der Waals surface area (Å²) in [6.45, 7) is 0. The molecule has 0 saturated heterocycles. The molecular weight excluding hydrogens is 573 g/mol. The minimum atomic E-state index is -0.490. The third kappa shape index (κ3) is 3.52. The number of fused-ring (bicyclic) bond motifs is 6. The molecule has 1 atom stereocenters. The van der Waals surface area contributed by atoms with Crippen LogP contribution < -0.4 is 0 Å². The van der Waals surface area contributed by atoms with Crippen molar-refractivity contribution in [3.63, 3.8) is 0 Å². The average molecular weight is 601 g/mol. The Morgan fingerprint density at radius 3 is 1.78 bits per heavy atom. The van der Waals surface area contributed by atoms with Gasteiger partial charge in [-0.05, 0) is 108 Å². The van der Waals surface area contributed by atoms with Crippen LogP contribution in [0.15, 0.2) is 180 Å². The summed E-state index contributed by atoms with van der Waals surface area (Å²) in [6, 6.07) is 63.5. The van der Waals surface area contributed by atoms with Gasteiger partial charge in [0.25, 0.3) is 0 Å². The Labute approximate surface area is 273 Å². The van der Waals surface area contributed by atoms with E-state index in [1.54, 1.807) is 0 Å². The van der Waals surface area contributed by atoms with Crippen molar-refractivity contribution in [3.8, 4) is 33.4 Å². The summed E-state index contributed by atoms with van der Waals surface area (Å²) in [7, 11) is 0. The Kier molecular flexibility index (Phi) is 5.53. The molecule has 0 nitrogen and oxygen atoms in total. The van der Waals surface area contributed by atoms with Gasteiger partial charge in [0.15, 0.2) is 0 Å². The highest BCUT2D eigenvalue weighted by molar-refractivity contribution is 7.99. The standard InChI is InChI=1S/C45H28S/c1-2-16-33(17-3-1)45(40-22-10-7-19-35(40)37-26-29-13-4-5-14-30(29)28-41(37)45)39-21-9-6-18-34(39)32-25-31-15-12-24-43-44(31)38(27-32)36-20-8-11-23-42(36)46-43/h1-28H. The molecule has 0 amide bonds. The Hall–Kier alpha value is -5.37. The smallest absolute Gasteiger partial charge is 0.0719 e. The van der Waals surface area contributed by atoms with E-state index in [4.69, 9.17) is 0 Å². The zero-order valence-corrected chi connectivity index (χ0v) is 25.9. The van der Waals surface area contributed by atoms with Crippen molar-refractivity contribution in [1.82, 2.24) is 0 Å². The molecular formula is C45H28S. The number of benzene rings is 8. The lowest BCUT2D eigenvalue weighted by atomic mass is 9.65. The van der Waals surface area contributed by atoms with Crippen LogP contribution in [0.5, 0.6) is 0 Å². The lowest BCUT2D eigenvalue weighted by Gasteiger charge is -2.36. The lowest BCUT2D eigenvalue weighted by molar-refractivity contribution is 0.771. The fourth-order valence-electron chi connectivity index (χ4n) is 8.21.